The van der Waals surface area contributed by atoms with Crippen LogP contribution in [0.4, 0.5) is 18.9 Å². The van der Waals surface area contributed by atoms with Crippen LogP contribution in [0.1, 0.15) is 37.7 Å². The molecule has 0 radical (unpaired) electrons. The Labute approximate surface area is 153 Å². The van der Waals surface area contributed by atoms with Gasteiger partial charge < -0.3 is 16.0 Å². The average molecular weight is 390 g/mol. The summed E-state index contributed by atoms with van der Waals surface area (Å²) < 4.78 is 38.7. The minimum atomic E-state index is -4.61. The molecule has 3 N–H and O–H groups in total. The third-order valence-corrected chi connectivity index (χ3v) is 5.10. The second kappa shape index (κ2) is 7.44. The topological polar surface area (TPSA) is 70.2 Å². The van der Waals surface area contributed by atoms with Gasteiger partial charge in [0.2, 0.25) is 11.8 Å². The number of benzene rings is 1. The number of fused-ring (bicyclic) bond motifs is 1. The molecule has 1 saturated heterocycles. The first-order valence-corrected chi connectivity index (χ1v) is 8.85. The van der Waals surface area contributed by atoms with Gasteiger partial charge >= 0.3 is 6.18 Å². The standard InChI is InChI=1S/C17H19ClF3N3O2/c18-11-6-5-9(7-10(11)17(19,20)21)22-15(25)8-14-16(26)24-13-4-2-1-3-12(13)23-14/h5-7,12-14,23H,1-4,8H2,(H,22,25)(H,24,26)/t12-,13-,14+/m0/s1. The van der Waals surface area contributed by atoms with Crippen molar-refractivity contribution in [2.45, 2.75) is 56.4 Å². The highest BCUT2D eigenvalue weighted by atomic mass is 35.5. The number of amides is 2. The Morgan fingerprint density at radius 3 is 2.62 bits per heavy atom. The van der Waals surface area contributed by atoms with Crippen LogP contribution in [0.5, 0.6) is 0 Å². The first-order valence-electron chi connectivity index (χ1n) is 8.47. The summed E-state index contributed by atoms with van der Waals surface area (Å²) in [6, 6.07) is 2.68. The number of anilines is 1. The molecule has 1 aromatic rings. The molecular weight excluding hydrogens is 371 g/mol. The highest BCUT2D eigenvalue weighted by Gasteiger charge is 2.37. The van der Waals surface area contributed by atoms with Crippen LogP contribution in [-0.4, -0.2) is 29.9 Å². The van der Waals surface area contributed by atoms with Gasteiger partial charge in [-0.1, -0.05) is 24.4 Å². The van der Waals surface area contributed by atoms with Gasteiger partial charge in [0.25, 0.3) is 0 Å². The molecule has 1 aliphatic carbocycles. The Bertz CT molecular complexity index is 711. The highest BCUT2D eigenvalue weighted by molar-refractivity contribution is 6.31. The van der Waals surface area contributed by atoms with Gasteiger partial charge in [-0.05, 0) is 31.0 Å². The van der Waals surface area contributed by atoms with E-state index in [0.717, 1.165) is 37.8 Å². The lowest BCUT2D eigenvalue weighted by atomic mass is 9.87. The van der Waals surface area contributed by atoms with Gasteiger partial charge in [0.05, 0.1) is 23.0 Å². The molecule has 26 heavy (non-hydrogen) atoms. The summed E-state index contributed by atoms with van der Waals surface area (Å²) in [5.41, 5.74) is -1.03. The Morgan fingerprint density at radius 2 is 1.92 bits per heavy atom. The predicted molar refractivity (Wildman–Crippen MR) is 90.8 cm³/mol. The molecule has 2 amide bonds. The molecule has 1 aliphatic heterocycles. The third-order valence-electron chi connectivity index (χ3n) is 4.77. The lowest BCUT2D eigenvalue weighted by Crippen LogP contribution is -2.65. The van der Waals surface area contributed by atoms with Crippen LogP contribution in [0, 0.1) is 0 Å². The molecule has 1 aromatic carbocycles. The minimum Gasteiger partial charge on any atom is -0.350 e. The van der Waals surface area contributed by atoms with Gasteiger partial charge in [-0.25, -0.2) is 0 Å². The van der Waals surface area contributed by atoms with Gasteiger partial charge in [0.15, 0.2) is 0 Å². The zero-order chi connectivity index (χ0) is 18.9. The fourth-order valence-electron chi connectivity index (χ4n) is 3.49. The predicted octanol–water partition coefficient (Wildman–Crippen LogP) is 3.09. The van der Waals surface area contributed by atoms with Gasteiger partial charge in [0, 0.05) is 17.8 Å². The number of nitrogens with one attached hydrogen (secondary N) is 3. The van der Waals surface area contributed by atoms with E-state index in [9.17, 15) is 22.8 Å². The Morgan fingerprint density at radius 1 is 1.23 bits per heavy atom. The Hall–Kier alpha value is -1.80. The Kier molecular flexibility index (Phi) is 5.43. The molecule has 1 saturated carbocycles. The molecule has 0 unspecified atom stereocenters. The highest BCUT2D eigenvalue weighted by Crippen LogP contribution is 2.36. The first kappa shape index (κ1) is 19.0. The van der Waals surface area contributed by atoms with E-state index in [1.807, 2.05) is 0 Å². The second-order valence-corrected chi connectivity index (χ2v) is 7.08. The quantitative estimate of drug-likeness (QED) is 0.744. The first-order chi connectivity index (χ1) is 12.2. The fraction of sp³-hybridized carbons (Fsp3) is 0.529. The summed E-state index contributed by atoms with van der Waals surface area (Å²) in [4.78, 5) is 24.3. The van der Waals surface area contributed by atoms with Crippen molar-refractivity contribution in [2.75, 3.05) is 5.32 Å². The number of hydrogen-bond donors (Lipinski definition) is 3. The van der Waals surface area contributed by atoms with Crippen LogP contribution in [0.25, 0.3) is 0 Å². The van der Waals surface area contributed by atoms with Crippen LogP contribution >= 0.6 is 11.6 Å². The molecule has 9 heteroatoms. The lowest BCUT2D eigenvalue weighted by molar-refractivity contribution is -0.137. The zero-order valence-electron chi connectivity index (χ0n) is 13.8. The van der Waals surface area contributed by atoms with Crippen molar-refractivity contribution in [3.63, 3.8) is 0 Å². The van der Waals surface area contributed by atoms with E-state index < -0.39 is 28.7 Å². The van der Waals surface area contributed by atoms with Crippen molar-refractivity contribution in [1.82, 2.24) is 10.6 Å². The SMILES string of the molecule is O=C(C[C@H]1N[C@H]2CCCC[C@@H]2NC1=O)Nc1ccc(Cl)c(C(F)(F)F)c1. The largest absolute Gasteiger partial charge is 0.417 e. The molecule has 3 rings (SSSR count). The molecule has 0 spiro atoms. The lowest BCUT2D eigenvalue weighted by Gasteiger charge is -2.40. The van der Waals surface area contributed by atoms with E-state index in [-0.39, 0.29) is 30.1 Å². The van der Waals surface area contributed by atoms with E-state index >= 15 is 0 Å². The van der Waals surface area contributed by atoms with Crippen molar-refractivity contribution in [3.8, 4) is 0 Å². The van der Waals surface area contributed by atoms with Crippen LogP contribution < -0.4 is 16.0 Å². The number of hydrogen-bond acceptors (Lipinski definition) is 3. The van der Waals surface area contributed by atoms with Crippen molar-refractivity contribution in [1.29, 1.82) is 0 Å². The maximum Gasteiger partial charge on any atom is 0.417 e. The van der Waals surface area contributed by atoms with Gasteiger partial charge in [-0.2, -0.15) is 13.2 Å². The number of halogens is 4. The second-order valence-electron chi connectivity index (χ2n) is 6.67. The summed E-state index contributed by atoms with van der Waals surface area (Å²) in [5, 5.41) is 8.09. The van der Waals surface area contributed by atoms with Crippen molar-refractivity contribution in [2.24, 2.45) is 0 Å². The number of carbonyl (C=O) groups is 2. The maximum absolute atomic E-state index is 12.9. The number of carbonyl (C=O) groups excluding carboxylic acids is 2. The third kappa shape index (κ3) is 4.29. The van der Waals surface area contributed by atoms with E-state index in [1.165, 1.54) is 6.07 Å². The molecule has 142 valence electrons. The summed E-state index contributed by atoms with van der Waals surface area (Å²) in [6.07, 6.45) is -0.805. The molecule has 1 heterocycles. The number of alkyl halides is 3. The summed E-state index contributed by atoms with van der Waals surface area (Å²) in [5.74, 6) is -0.794. The maximum atomic E-state index is 12.9. The van der Waals surface area contributed by atoms with E-state index in [1.54, 1.807) is 0 Å². The monoisotopic (exact) mass is 389 g/mol. The molecular formula is C17H19ClF3N3O2. The summed E-state index contributed by atoms with van der Waals surface area (Å²) >= 11 is 5.56. The molecule has 5 nitrogen and oxygen atoms in total. The average Bonchev–Trinajstić information content (AvgIpc) is 2.56. The summed E-state index contributed by atoms with van der Waals surface area (Å²) in [6.45, 7) is 0. The van der Waals surface area contributed by atoms with Crippen molar-refractivity contribution < 1.29 is 22.8 Å². The van der Waals surface area contributed by atoms with Crippen LogP contribution in [0.2, 0.25) is 5.02 Å². The molecule has 0 bridgehead atoms. The van der Waals surface area contributed by atoms with Gasteiger partial charge in [-0.15, -0.1) is 0 Å². The van der Waals surface area contributed by atoms with Crippen molar-refractivity contribution in [3.05, 3.63) is 28.8 Å². The zero-order valence-corrected chi connectivity index (χ0v) is 14.6. The summed E-state index contributed by atoms with van der Waals surface area (Å²) in [7, 11) is 0. The van der Waals surface area contributed by atoms with E-state index in [2.05, 4.69) is 16.0 Å². The minimum absolute atomic E-state index is 0.0153. The van der Waals surface area contributed by atoms with Crippen LogP contribution in [-0.2, 0) is 15.8 Å². The smallest absolute Gasteiger partial charge is 0.350 e. The fourth-order valence-corrected chi connectivity index (χ4v) is 3.71. The molecule has 0 aromatic heterocycles. The van der Waals surface area contributed by atoms with Crippen LogP contribution in [0.3, 0.4) is 0 Å². The Balaban J connectivity index is 1.63. The molecule has 2 aliphatic rings. The van der Waals surface area contributed by atoms with E-state index in [0.29, 0.717) is 0 Å². The van der Waals surface area contributed by atoms with Crippen LogP contribution in [0.15, 0.2) is 18.2 Å². The number of piperazine rings is 1. The van der Waals surface area contributed by atoms with E-state index in [4.69, 9.17) is 11.6 Å². The van der Waals surface area contributed by atoms with Gasteiger partial charge in [0.1, 0.15) is 0 Å². The molecule has 2 fully saturated rings. The normalized spacial score (nSPS) is 26.0. The number of rotatable bonds is 3. The van der Waals surface area contributed by atoms with Crippen molar-refractivity contribution >= 4 is 29.1 Å². The van der Waals surface area contributed by atoms with Gasteiger partial charge in [-0.3, -0.25) is 9.59 Å². The molecule has 3 atom stereocenters.